The Hall–Kier alpha value is -3.16. The molecule has 0 aliphatic rings. The van der Waals surface area contributed by atoms with Crippen LogP contribution < -0.4 is 19.9 Å². The van der Waals surface area contributed by atoms with Gasteiger partial charge in [0.15, 0.2) is 0 Å². The minimum absolute atomic E-state index is 0.669. The van der Waals surface area contributed by atoms with Crippen molar-refractivity contribution in [2.75, 3.05) is 14.2 Å². The fourth-order valence-corrected chi connectivity index (χ4v) is 4.23. The van der Waals surface area contributed by atoms with Crippen LogP contribution in [0.1, 0.15) is 23.6 Å². The lowest BCUT2D eigenvalue weighted by Gasteiger charge is -2.39. The van der Waals surface area contributed by atoms with Crippen molar-refractivity contribution in [3.05, 3.63) is 95.6 Å². The highest BCUT2D eigenvalue weighted by atomic mass is 31.2. The third-order valence-corrected chi connectivity index (χ3v) is 5.85. The lowest BCUT2D eigenvalue weighted by Crippen LogP contribution is -2.53. The average Bonchev–Trinajstić information content (AvgIpc) is 2.82. The SMILES string of the molecule is COc1ccc(C(N[C@@H](C)C(=O)NP(=O)(O)O)(c2ccccc2)c2ccc(OC)cc2)cc1. The van der Waals surface area contributed by atoms with E-state index in [1.165, 1.54) is 0 Å². The topological polar surface area (TPSA) is 117 Å². The molecule has 0 saturated carbocycles. The summed E-state index contributed by atoms with van der Waals surface area (Å²) >= 11 is 0. The number of nitrogens with one attached hydrogen (secondary N) is 2. The maximum absolute atomic E-state index is 12.6. The van der Waals surface area contributed by atoms with Crippen molar-refractivity contribution in [1.29, 1.82) is 0 Å². The number of rotatable bonds is 9. The number of carbonyl (C=O) groups excluding carboxylic acids is 1. The van der Waals surface area contributed by atoms with Crippen molar-refractivity contribution in [1.82, 2.24) is 10.4 Å². The van der Waals surface area contributed by atoms with Gasteiger partial charge in [-0.25, -0.2) is 4.57 Å². The Morgan fingerprint density at radius 2 is 1.24 bits per heavy atom. The maximum Gasteiger partial charge on any atom is 0.429 e. The van der Waals surface area contributed by atoms with Gasteiger partial charge in [-0.2, -0.15) is 0 Å². The Bertz CT molecular complexity index is 1070. The molecule has 0 bridgehead atoms. The second-order valence-electron chi connectivity index (χ2n) is 7.46. The molecule has 3 aromatic rings. The molecule has 0 aromatic heterocycles. The number of methoxy groups -OCH3 is 2. The van der Waals surface area contributed by atoms with E-state index in [4.69, 9.17) is 9.47 Å². The van der Waals surface area contributed by atoms with E-state index in [2.05, 4.69) is 5.32 Å². The zero-order chi connectivity index (χ0) is 24.1. The number of ether oxygens (including phenoxy) is 2. The van der Waals surface area contributed by atoms with Gasteiger partial charge in [-0.1, -0.05) is 54.6 Å². The quantitative estimate of drug-likeness (QED) is 0.280. The van der Waals surface area contributed by atoms with E-state index < -0.39 is 25.2 Å². The molecule has 0 radical (unpaired) electrons. The molecule has 174 valence electrons. The lowest BCUT2D eigenvalue weighted by atomic mass is 9.76. The first kappa shape index (κ1) is 24.5. The highest BCUT2D eigenvalue weighted by Gasteiger charge is 2.39. The van der Waals surface area contributed by atoms with Crippen LogP contribution in [0.2, 0.25) is 0 Å². The van der Waals surface area contributed by atoms with E-state index in [1.807, 2.05) is 78.9 Å². The first-order valence-electron chi connectivity index (χ1n) is 10.2. The summed E-state index contributed by atoms with van der Waals surface area (Å²) in [6.45, 7) is 1.55. The third-order valence-electron chi connectivity index (χ3n) is 5.33. The van der Waals surface area contributed by atoms with Crippen LogP contribution in [-0.4, -0.2) is 36.0 Å². The predicted molar refractivity (Wildman–Crippen MR) is 125 cm³/mol. The predicted octanol–water partition coefficient (Wildman–Crippen LogP) is 3.18. The Labute approximate surface area is 192 Å². The summed E-state index contributed by atoms with van der Waals surface area (Å²) in [6, 6.07) is 23.4. The highest BCUT2D eigenvalue weighted by molar-refractivity contribution is 7.50. The molecule has 4 N–H and O–H groups in total. The Morgan fingerprint density at radius 1 is 0.818 bits per heavy atom. The van der Waals surface area contributed by atoms with Crippen LogP contribution in [0.15, 0.2) is 78.9 Å². The van der Waals surface area contributed by atoms with Crippen LogP contribution in [0.4, 0.5) is 0 Å². The van der Waals surface area contributed by atoms with E-state index in [-0.39, 0.29) is 0 Å². The summed E-state index contributed by atoms with van der Waals surface area (Å²) in [4.78, 5) is 31.1. The van der Waals surface area contributed by atoms with Gasteiger partial charge in [-0.05, 0) is 47.9 Å². The van der Waals surface area contributed by atoms with Crippen molar-refractivity contribution in [2.45, 2.75) is 18.5 Å². The van der Waals surface area contributed by atoms with Gasteiger partial charge in [-0.15, -0.1) is 0 Å². The standard InChI is InChI=1S/C24H27N2O6P/c1-17(23(27)26-33(28,29)30)25-24(18-7-5-4-6-8-18,19-9-13-21(31-2)14-10-19)20-11-15-22(32-3)16-12-20/h4-17,25H,1-3H3,(H3,26,27,28,29,30)/t17-/m0/s1. The number of amides is 1. The van der Waals surface area contributed by atoms with Gasteiger partial charge in [0.1, 0.15) is 11.5 Å². The van der Waals surface area contributed by atoms with E-state index in [1.54, 1.807) is 26.2 Å². The summed E-state index contributed by atoms with van der Waals surface area (Å²) < 4.78 is 22.0. The lowest BCUT2D eigenvalue weighted by molar-refractivity contribution is -0.121. The van der Waals surface area contributed by atoms with Gasteiger partial charge in [-0.3, -0.25) is 15.2 Å². The first-order chi connectivity index (χ1) is 15.7. The van der Waals surface area contributed by atoms with Crippen LogP contribution in [-0.2, 0) is 14.9 Å². The maximum atomic E-state index is 12.6. The van der Waals surface area contributed by atoms with Crippen LogP contribution in [0.25, 0.3) is 0 Å². The van der Waals surface area contributed by atoms with Crippen molar-refractivity contribution in [3.8, 4) is 11.5 Å². The third kappa shape index (κ3) is 5.61. The largest absolute Gasteiger partial charge is 0.497 e. The van der Waals surface area contributed by atoms with Gasteiger partial charge in [0.2, 0.25) is 5.91 Å². The van der Waals surface area contributed by atoms with Crippen molar-refractivity contribution in [3.63, 3.8) is 0 Å². The van der Waals surface area contributed by atoms with Gasteiger partial charge in [0.05, 0.1) is 25.8 Å². The van der Waals surface area contributed by atoms with Crippen molar-refractivity contribution in [2.24, 2.45) is 0 Å². The molecule has 33 heavy (non-hydrogen) atoms. The molecule has 0 unspecified atom stereocenters. The smallest absolute Gasteiger partial charge is 0.429 e. The summed E-state index contributed by atoms with van der Waals surface area (Å²) in [5.74, 6) is 0.510. The molecule has 0 saturated heterocycles. The first-order valence-corrected chi connectivity index (χ1v) is 11.8. The number of hydrogen-bond acceptors (Lipinski definition) is 5. The molecule has 0 aliphatic heterocycles. The Kier molecular flexibility index (Phi) is 7.56. The number of benzene rings is 3. The molecule has 3 aromatic carbocycles. The fraction of sp³-hybridized carbons (Fsp3) is 0.208. The van der Waals surface area contributed by atoms with Crippen molar-refractivity contribution >= 4 is 13.7 Å². The Balaban J connectivity index is 2.22. The molecule has 0 heterocycles. The minimum atomic E-state index is -4.75. The van der Waals surface area contributed by atoms with Crippen LogP contribution >= 0.6 is 7.75 Å². The summed E-state index contributed by atoms with van der Waals surface area (Å²) in [5, 5.41) is 5.10. The molecule has 0 aliphatic carbocycles. The number of carbonyl (C=O) groups is 1. The zero-order valence-electron chi connectivity index (χ0n) is 18.6. The molecular formula is C24H27N2O6P. The fourth-order valence-electron chi connectivity index (χ4n) is 3.75. The monoisotopic (exact) mass is 470 g/mol. The molecule has 0 spiro atoms. The molecule has 9 heteroatoms. The number of hydrogen-bond donors (Lipinski definition) is 4. The van der Waals surface area contributed by atoms with Crippen LogP contribution in [0, 0.1) is 0 Å². The molecule has 0 fully saturated rings. The summed E-state index contributed by atoms with van der Waals surface area (Å²) in [7, 11) is -1.59. The summed E-state index contributed by atoms with van der Waals surface area (Å²) in [5.41, 5.74) is 1.40. The van der Waals surface area contributed by atoms with E-state index in [0.717, 1.165) is 16.7 Å². The molecule has 1 atom stereocenters. The van der Waals surface area contributed by atoms with E-state index in [0.29, 0.717) is 11.5 Å². The second-order valence-corrected chi connectivity index (χ2v) is 8.77. The van der Waals surface area contributed by atoms with Crippen molar-refractivity contribution < 1.29 is 28.6 Å². The molecule has 3 rings (SSSR count). The van der Waals surface area contributed by atoms with Gasteiger partial charge >= 0.3 is 7.75 Å². The Morgan fingerprint density at radius 3 is 1.64 bits per heavy atom. The van der Waals surface area contributed by atoms with Crippen LogP contribution in [0.3, 0.4) is 0 Å². The van der Waals surface area contributed by atoms with Gasteiger partial charge in [0.25, 0.3) is 0 Å². The van der Waals surface area contributed by atoms with E-state index >= 15 is 0 Å². The van der Waals surface area contributed by atoms with Gasteiger partial charge in [0, 0.05) is 0 Å². The highest BCUT2D eigenvalue weighted by Crippen LogP contribution is 2.39. The molecule has 8 nitrogen and oxygen atoms in total. The zero-order valence-corrected chi connectivity index (χ0v) is 19.5. The second kappa shape index (κ2) is 10.2. The normalized spacial score (nSPS) is 12.6. The van der Waals surface area contributed by atoms with Crippen LogP contribution in [0.5, 0.6) is 11.5 Å². The van der Waals surface area contributed by atoms with E-state index in [9.17, 15) is 19.1 Å². The average molecular weight is 470 g/mol. The molecular weight excluding hydrogens is 443 g/mol. The minimum Gasteiger partial charge on any atom is -0.497 e. The summed E-state index contributed by atoms with van der Waals surface area (Å²) in [6.07, 6.45) is 0. The van der Waals surface area contributed by atoms with Gasteiger partial charge < -0.3 is 19.3 Å². The molecule has 1 amide bonds.